The van der Waals surface area contributed by atoms with Gasteiger partial charge in [0, 0.05) is 21.7 Å². The normalized spacial score (nSPS) is 14.2. The Morgan fingerprint density at radius 1 is 1.17 bits per heavy atom. The summed E-state index contributed by atoms with van der Waals surface area (Å²) < 4.78 is 33.2. The number of halogens is 1. The molecule has 0 amide bonds. The van der Waals surface area contributed by atoms with Crippen molar-refractivity contribution in [2.24, 2.45) is 0 Å². The molecule has 2 aromatic heterocycles. The lowest BCUT2D eigenvalue weighted by atomic mass is 10.2. The molecule has 0 bridgehead atoms. The first-order valence-electron chi connectivity index (χ1n) is 10.4. The van der Waals surface area contributed by atoms with Crippen LogP contribution >= 0.6 is 22.9 Å². The molecule has 0 unspecified atom stereocenters. The van der Waals surface area contributed by atoms with E-state index in [0.717, 1.165) is 5.56 Å². The van der Waals surface area contributed by atoms with E-state index in [0.29, 0.717) is 32.7 Å². The van der Waals surface area contributed by atoms with Crippen LogP contribution < -0.4 is 9.62 Å². The van der Waals surface area contributed by atoms with Crippen molar-refractivity contribution in [2.45, 2.75) is 11.4 Å². The Hall–Kier alpha value is -3.44. The van der Waals surface area contributed by atoms with Crippen LogP contribution in [0.25, 0.3) is 16.8 Å². The average molecular weight is 527 g/mol. The van der Waals surface area contributed by atoms with Crippen LogP contribution in [0.3, 0.4) is 0 Å². The van der Waals surface area contributed by atoms with Gasteiger partial charge in [-0.25, -0.2) is 18.1 Å². The van der Waals surface area contributed by atoms with E-state index >= 15 is 0 Å². The molecule has 0 saturated heterocycles. The van der Waals surface area contributed by atoms with Gasteiger partial charge in [-0.15, -0.1) is 11.3 Å². The predicted molar refractivity (Wildman–Crippen MR) is 136 cm³/mol. The van der Waals surface area contributed by atoms with E-state index < -0.39 is 10.0 Å². The fourth-order valence-corrected chi connectivity index (χ4v) is 5.70. The van der Waals surface area contributed by atoms with Gasteiger partial charge in [0.1, 0.15) is 22.4 Å². The molecular formula is C24H19ClN4O4S2. The summed E-state index contributed by atoms with van der Waals surface area (Å²) >= 11 is 7.28. The minimum Gasteiger partial charge on any atom is -0.510 e. The fourth-order valence-electron chi connectivity index (χ4n) is 3.65. The van der Waals surface area contributed by atoms with Crippen molar-refractivity contribution in [3.05, 3.63) is 93.9 Å². The summed E-state index contributed by atoms with van der Waals surface area (Å²) in [7, 11) is -3.82. The number of hydrogen-bond donors (Lipinski definition) is 3. The van der Waals surface area contributed by atoms with Gasteiger partial charge in [0.05, 0.1) is 35.5 Å². The highest BCUT2D eigenvalue weighted by Crippen LogP contribution is 2.35. The standard InChI is InChI=1S/C24H19ClN4O4S2/c25-16-8-6-15(7-9-16)20-14-34-24(28-20)22-21(30)13-29(23(22)26)17-3-1-5-19(11-17)35(31,32)27-12-18-4-2-10-33-18/h1-11,14,26-27,30H,12-13H2. The third-order valence-electron chi connectivity index (χ3n) is 5.42. The SMILES string of the molecule is N=C1C(c2nc(-c3ccc(Cl)cc3)cs2)=C(O)CN1c1cccc(S(=O)(=O)NCc2ccco2)c1. The molecule has 35 heavy (non-hydrogen) atoms. The van der Waals surface area contributed by atoms with Gasteiger partial charge in [0.15, 0.2) is 0 Å². The third-order valence-corrected chi connectivity index (χ3v) is 7.93. The molecular weight excluding hydrogens is 508 g/mol. The minimum atomic E-state index is -3.82. The largest absolute Gasteiger partial charge is 0.510 e. The number of hydrogen-bond acceptors (Lipinski definition) is 7. The van der Waals surface area contributed by atoms with Gasteiger partial charge < -0.3 is 14.4 Å². The van der Waals surface area contributed by atoms with E-state index in [2.05, 4.69) is 9.71 Å². The highest BCUT2D eigenvalue weighted by molar-refractivity contribution is 7.89. The molecule has 1 aliphatic heterocycles. The Balaban J connectivity index is 1.37. The van der Waals surface area contributed by atoms with Gasteiger partial charge in [-0.1, -0.05) is 29.8 Å². The van der Waals surface area contributed by atoms with Crippen molar-refractivity contribution in [1.29, 1.82) is 5.41 Å². The Labute approximate surface area is 210 Å². The molecule has 0 atom stereocenters. The molecule has 0 saturated carbocycles. The monoisotopic (exact) mass is 526 g/mol. The van der Waals surface area contributed by atoms with Crippen LogP contribution in [0, 0.1) is 5.41 Å². The highest BCUT2D eigenvalue weighted by Gasteiger charge is 2.32. The molecule has 0 aliphatic carbocycles. The van der Waals surface area contributed by atoms with Gasteiger partial charge in [0.2, 0.25) is 10.0 Å². The van der Waals surface area contributed by atoms with Crippen LogP contribution in [0.1, 0.15) is 10.8 Å². The molecule has 11 heteroatoms. The minimum absolute atomic E-state index is 0.00351. The summed E-state index contributed by atoms with van der Waals surface area (Å²) in [4.78, 5) is 6.19. The number of aliphatic hydroxyl groups excluding tert-OH is 1. The number of furan rings is 1. The highest BCUT2D eigenvalue weighted by atomic mass is 35.5. The number of nitrogens with zero attached hydrogens (tertiary/aromatic N) is 2. The second-order valence-corrected chi connectivity index (χ2v) is 10.8. The molecule has 3 N–H and O–H groups in total. The number of nitrogens with one attached hydrogen (secondary N) is 2. The predicted octanol–water partition coefficient (Wildman–Crippen LogP) is 5.30. The van der Waals surface area contributed by atoms with Crippen molar-refractivity contribution in [1.82, 2.24) is 9.71 Å². The average Bonchev–Trinajstić information content (AvgIpc) is 3.59. The van der Waals surface area contributed by atoms with Crippen molar-refractivity contribution in [2.75, 3.05) is 11.4 Å². The molecule has 178 valence electrons. The van der Waals surface area contributed by atoms with E-state index in [9.17, 15) is 13.5 Å². The lowest BCUT2D eigenvalue weighted by molar-refractivity contribution is 0.411. The first-order chi connectivity index (χ1) is 16.8. The molecule has 0 radical (unpaired) electrons. The third kappa shape index (κ3) is 4.73. The molecule has 5 rings (SSSR count). The van der Waals surface area contributed by atoms with Crippen molar-refractivity contribution in [3.63, 3.8) is 0 Å². The molecule has 8 nitrogen and oxygen atoms in total. The molecule has 3 heterocycles. The molecule has 0 fully saturated rings. The Morgan fingerprint density at radius 2 is 1.97 bits per heavy atom. The molecule has 0 spiro atoms. The van der Waals surface area contributed by atoms with Gasteiger partial charge in [-0.2, -0.15) is 0 Å². The Bertz CT molecular complexity index is 1530. The number of sulfonamides is 1. The summed E-state index contributed by atoms with van der Waals surface area (Å²) in [6.45, 7) is 0.0545. The van der Waals surface area contributed by atoms with Crippen LogP contribution in [-0.2, 0) is 16.6 Å². The molecule has 1 aliphatic rings. The maximum absolute atomic E-state index is 12.8. The summed E-state index contributed by atoms with van der Waals surface area (Å²) in [5.41, 5.74) is 2.37. The van der Waals surface area contributed by atoms with E-state index in [-0.39, 0.29) is 29.6 Å². The van der Waals surface area contributed by atoms with Crippen molar-refractivity contribution in [3.8, 4) is 11.3 Å². The lowest BCUT2D eigenvalue weighted by Gasteiger charge is -2.19. The number of amidine groups is 1. The number of thiazole rings is 1. The fraction of sp³-hybridized carbons (Fsp3) is 0.0833. The van der Waals surface area contributed by atoms with E-state index in [1.165, 1.54) is 29.7 Å². The maximum atomic E-state index is 12.8. The number of rotatable bonds is 7. The first kappa shape index (κ1) is 23.3. The summed E-state index contributed by atoms with van der Waals surface area (Å²) in [5.74, 6) is 0.528. The zero-order valence-corrected chi connectivity index (χ0v) is 20.5. The second-order valence-electron chi connectivity index (χ2n) is 7.70. The summed E-state index contributed by atoms with van der Waals surface area (Å²) in [6.07, 6.45) is 1.47. The molecule has 4 aromatic rings. The lowest BCUT2D eigenvalue weighted by Crippen LogP contribution is -2.27. The summed E-state index contributed by atoms with van der Waals surface area (Å²) in [5, 5.41) is 22.4. The first-order valence-corrected chi connectivity index (χ1v) is 13.2. The van der Waals surface area contributed by atoms with E-state index in [1.807, 2.05) is 17.5 Å². The van der Waals surface area contributed by atoms with Gasteiger partial charge in [-0.3, -0.25) is 5.41 Å². The zero-order valence-electron chi connectivity index (χ0n) is 18.1. The van der Waals surface area contributed by atoms with Crippen LogP contribution in [-0.4, -0.2) is 30.9 Å². The number of aliphatic hydroxyl groups is 1. The van der Waals surface area contributed by atoms with Crippen molar-refractivity contribution < 1.29 is 17.9 Å². The van der Waals surface area contributed by atoms with Gasteiger partial charge in [-0.05, 0) is 42.5 Å². The van der Waals surface area contributed by atoms with Crippen LogP contribution in [0.5, 0.6) is 0 Å². The number of benzene rings is 2. The topological polar surface area (TPSA) is 120 Å². The van der Waals surface area contributed by atoms with E-state index in [1.54, 1.807) is 41.3 Å². The van der Waals surface area contributed by atoms with Gasteiger partial charge in [0.25, 0.3) is 0 Å². The van der Waals surface area contributed by atoms with Crippen LogP contribution in [0.4, 0.5) is 5.69 Å². The van der Waals surface area contributed by atoms with E-state index in [4.69, 9.17) is 21.4 Å². The summed E-state index contributed by atoms with van der Waals surface area (Å²) in [6, 6.07) is 16.8. The van der Waals surface area contributed by atoms with Gasteiger partial charge >= 0.3 is 0 Å². The van der Waals surface area contributed by atoms with Crippen molar-refractivity contribution >= 4 is 50.1 Å². The molecule has 2 aromatic carbocycles. The maximum Gasteiger partial charge on any atom is 0.241 e. The Kier molecular flexibility index (Phi) is 6.20. The smallest absolute Gasteiger partial charge is 0.241 e. The quantitative estimate of drug-likeness (QED) is 0.300. The van der Waals surface area contributed by atoms with Crippen LogP contribution in [0.2, 0.25) is 5.02 Å². The number of aromatic nitrogens is 1. The van der Waals surface area contributed by atoms with Crippen LogP contribution in [0.15, 0.2) is 87.4 Å². The zero-order chi connectivity index (χ0) is 24.6. The number of anilines is 1. The second kappa shape index (κ2) is 9.31. The Morgan fingerprint density at radius 3 is 2.71 bits per heavy atom.